The van der Waals surface area contributed by atoms with Crippen molar-refractivity contribution < 1.29 is 5.11 Å². The summed E-state index contributed by atoms with van der Waals surface area (Å²) in [6, 6.07) is 0. The van der Waals surface area contributed by atoms with Crippen molar-refractivity contribution in [2.75, 3.05) is 19.7 Å². The van der Waals surface area contributed by atoms with Crippen LogP contribution in [0, 0.1) is 5.41 Å². The van der Waals surface area contributed by atoms with E-state index >= 15 is 0 Å². The molecule has 0 unspecified atom stereocenters. The lowest BCUT2D eigenvalue weighted by molar-refractivity contribution is 0.0591. The number of aliphatic hydroxyl groups excluding tert-OH is 1. The highest BCUT2D eigenvalue weighted by molar-refractivity contribution is 4.90. The molecule has 2 heteroatoms. The molecule has 9 heavy (non-hydrogen) atoms. The van der Waals surface area contributed by atoms with Crippen LogP contribution in [0.3, 0.4) is 0 Å². The van der Waals surface area contributed by atoms with Gasteiger partial charge in [0.15, 0.2) is 0 Å². The van der Waals surface area contributed by atoms with E-state index in [9.17, 15) is 0 Å². The van der Waals surface area contributed by atoms with Crippen molar-refractivity contribution in [1.82, 2.24) is 5.32 Å². The van der Waals surface area contributed by atoms with E-state index in [0.29, 0.717) is 6.61 Å². The van der Waals surface area contributed by atoms with Crippen LogP contribution in [0.1, 0.15) is 19.8 Å². The van der Waals surface area contributed by atoms with Crippen LogP contribution in [0.5, 0.6) is 0 Å². The van der Waals surface area contributed by atoms with Crippen molar-refractivity contribution in [2.24, 2.45) is 5.41 Å². The van der Waals surface area contributed by atoms with E-state index < -0.39 is 0 Å². The quantitative estimate of drug-likeness (QED) is 0.577. The van der Waals surface area contributed by atoms with Gasteiger partial charge in [0.1, 0.15) is 0 Å². The van der Waals surface area contributed by atoms with Crippen LogP contribution in [0.4, 0.5) is 0 Å². The van der Waals surface area contributed by atoms with Gasteiger partial charge < -0.3 is 10.4 Å². The molecule has 1 aliphatic heterocycles. The molecule has 0 bridgehead atoms. The zero-order chi connectivity index (χ0) is 6.74. The number of nitrogens with one attached hydrogen (secondary N) is 1. The van der Waals surface area contributed by atoms with Gasteiger partial charge in [-0.3, -0.25) is 0 Å². The maximum atomic E-state index is 8.93. The molecule has 2 nitrogen and oxygen atoms in total. The minimum atomic E-state index is 0.259. The van der Waals surface area contributed by atoms with Gasteiger partial charge in [0.25, 0.3) is 0 Å². The smallest absolute Gasteiger partial charge is 0.0511 e. The summed E-state index contributed by atoms with van der Waals surface area (Å²) in [5.41, 5.74) is 0.259. The van der Waals surface area contributed by atoms with E-state index in [1.807, 2.05) is 0 Å². The molecule has 0 spiro atoms. The molecule has 1 fully saturated rings. The molecule has 2 N–H and O–H groups in total. The van der Waals surface area contributed by atoms with Crippen molar-refractivity contribution in [1.29, 1.82) is 0 Å². The van der Waals surface area contributed by atoms with Crippen LogP contribution < -0.4 is 5.32 Å². The molecule has 0 radical (unpaired) electrons. The first-order valence-electron chi connectivity index (χ1n) is 3.64. The normalized spacial score (nSPS) is 23.3. The van der Waals surface area contributed by atoms with Gasteiger partial charge >= 0.3 is 0 Å². The summed E-state index contributed by atoms with van der Waals surface area (Å²) < 4.78 is 0. The number of rotatable bonds is 3. The van der Waals surface area contributed by atoms with Crippen molar-refractivity contribution in [2.45, 2.75) is 19.8 Å². The maximum Gasteiger partial charge on any atom is 0.0511 e. The predicted octanol–water partition coefficient (Wildman–Crippen LogP) is 0.368. The third-order valence-electron chi connectivity index (χ3n) is 2.12. The van der Waals surface area contributed by atoms with Gasteiger partial charge in [-0.2, -0.15) is 0 Å². The zero-order valence-corrected chi connectivity index (χ0v) is 5.98. The van der Waals surface area contributed by atoms with Crippen molar-refractivity contribution >= 4 is 0 Å². The Balaban J connectivity index is 2.28. The lowest BCUT2D eigenvalue weighted by Crippen LogP contribution is -2.55. The first-order chi connectivity index (χ1) is 4.33. The molecule has 0 aromatic carbocycles. The molecule has 1 heterocycles. The average molecular weight is 129 g/mol. The fourth-order valence-electron chi connectivity index (χ4n) is 1.38. The summed E-state index contributed by atoms with van der Waals surface area (Å²) >= 11 is 0. The zero-order valence-electron chi connectivity index (χ0n) is 5.98. The van der Waals surface area contributed by atoms with Gasteiger partial charge in [-0.05, 0) is 6.42 Å². The third-order valence-corrected chi connectivity index (χ3v) is 2.12. The summed E-state index contributed by atoms with van der Waals surface area (Å²) in [6.45, 7) is 4.54. The Hall–Kier alpha value is -0.0800. The fraction of sp³-hybridized carbons (Fsp3) is 1.00. The third kappa shape index (κ3) is 1.25. The molecule has 0 aromatic heterocycles. The Morgan fingerprint density at radius 1 is 1.56 bits per heavy atom. The van der Waals surface area contributed by atoms with Crippen LogP contribution in [0.15, 0.2) is 0 Å². The van der Waals surface area contributed by atoms with E-state index in [1.165, 1.54) is 6.42 Å². The molecule has 1 aliphatic rings. The van der Waals surface area contributed by atoms with Crippen LogP contribution >= 0.6 is 0 Å². The highest BCUT2D eigenvalue weighted by Gasteiger charge is 2.34. The number of hydrogen-bond donors (Lipinski definition) is 2. The molecule has 0 aliphatic carbocycles. The molecule has 54 valence electrons. The number of aliphatic hydroxyl groups is 1. The lowest BCUT2D eigenvalue weighted by atomic mass is 9.79. The summed E-state index contributed by atoms with van der Waals surface area (Å²) in [5, 5.41) is 12.1. The van der Waals surface area contributed by atoms with E-state index in [1.54, 1.807) is 0 Å². The SMILES string of the molecule is CCCC1(CO)CNC1. The van der Waals surface area contributed by atoms with Crippen LogP contribution in [-0.2, 0) is 0 Å². The molecule has 0 saturated carbocycles. The fourth-order valence-corrected chi connectivity index (χ4v) is 1.38. The van der Waals surface area contributed by atoms with Gasteiger partial charge in [-0.25, -0.2) is 0 Å². The molecular formula is C7H15NO. The second kappa shape index (κ2) is 2.67. The second-order valence-electron chi connectivity index (χ2n) is 3.01. The minimum Gasteiger partial charge on any atom is -0.396 e. The minimum absolute atomic E-state index is 0.259. The van der Waals surface area contributed by atoms with Crippen LogP contribution in [0.2, 0.25) is 0 Å². The average Bonchev–Trinajstić information content (AvgIpc) is 1.79. The molecule has 1 rings (SSSR count). The summed E-state index contributed by atoms with van der Waals surface area (Å²) in [6.07, 6.45) is 2.35. The van der Waals surface area contributed by atoms with Gasteiger partial charge in [-0.1, -0.05) is 13.3 Å². The van der Waals surface area contributed by atoms with E-state index in [2.05, 4.69) is 12.2 Å². The summed E-state index contributed by atoms with van der Waals surface area (Å²) in [7, 11) is 0. The Kier molecular flexibility index (Phi) is 2.09. The first-order valence-corrected chi connectivity index (χ1v) is 3.64. The molecule has 0 aromatic rings. The molecule has 0 amide bonds. The first kappa shape index (κ1) is 7.03. The molecular weight excluding hydrogens is 114 g/mol. The second-order valence-corrected chi connectivity index (χ2v) is 3.01. The van der Waals surface area contributed by atoms with Gasteiger partial charge in [0.2, 0.25) is 0 Å². The van der Waals surface area contributed by atoms with Crippen LogP contribution in [-0.4, -0.2) is 24.8 Å². The Bertz CT molecular complexity index is 83.4. The molecule has 0 atom stereocenters. The largest absolute Gasteiger partial charge is 0.396 e. The number of hydrogen-bond acceptors (Lipinski definition) is 2. The highest BCUT2D eigenvalue weighted by Crippen LogP contribution is 2.27. The Morgan fingerprint density at radius 2 is 2.22 bits per heavy atom. The summed E-state index contributed by atoms with van der Waals surface area (Å²) in [4.78, 5) is 0. The van der Waals surface area contributed by atoms with E-state index in [0.717, 1.165) is 19.5 Å². The van der Waals surface area contributed by atoms with Crippen molar-refractivity contribution in [3.8, 4) is 0 Å². The molecule has 1 saturated heterocycles. The lowest BCUT2D eigenvalue weighted by Gasteiger charge is -2.41. The standard InChI is InChI=1S/C7H15NO/c1-2-3-7(6-9)4-8-5-7/h8-9H,2-6H2,1H3. The van der Waals surface area contributed by atoms with E-state index in [4.69, 9.17) is 5.11 Å². The Morgan fingerprint density at radius 3 is 2.33 bits per heavy atom. The van der Waals surface area contributed by atoms with Crippen molar-refractivity contribution in [3.63, 3.8) is 0 Å². The van der Waals surface area contributed by atoms with Crippen molar-refractivity contribution in [3.05, 3.63) is 0 Å². The monoisotopic (exact) mass is 129 g/mol. The Labute approximate surface area is 56.3 Å². The van der Waals surface area contributed by atoms with E-state index in [-0.39, 0.29) is 5.41 Å². The van der Waals surface area contributed by atoms with Crippen LogP contribution in [0.25, 0.3) is 0 Å². The topological polar surface area (TPSA) is 32.3 Å². The summed E-state index contributed by atoms with van der Waals surface area (Å²) in [5.74, 6) is 0. The van der Waals surface area contributed by atoms with Gasteiger partial charge in [0, 0.05) is 18.5 Å². The van der Waals surface area contributed by atoms with Gasteiger partial charge in [-0.15, -0.1) is 0 Å². The highest BCUT2D eigenvalue weighted by atomic mass is 16.3. The maximum absolute atomic E-state index is 8.93. The van der Waals surface area contributed by atoms with Gasteiger partial charge in [0.05, 0.1) is 6.61 Å². The predicted molar refractivity (Wildman–Crippen MR) is 37.3 cm³/mol.